The van der Waals surface area contributed by atoms with Gasteiger partial charge in [-0.05, 0) is 23.8 Å². The summed E-state index contributed by atoms with van der Waals surface area (Å²) in [5, 5.41) is 3.31. The van der Waals surface area contributed by atoms with Crippen molar-refractivity contribution in [3.63, 3.8) is 0 Å². The number of aromatic nitrogens is 1. The third-order valence-electron chi connectivity index (χ3n) is 5.91. The SMILES string of the molecule is O=C(c1c(Cc2ccccc2)n(-c2ccccc2)c2ccccc12)N1CC[NH2+]CC1. The molecule has 1 aliphatic rings. The zero-order valence-corrected chi connectivity index (χ0v) is 17.0. The molecule has 1 aliphatic heterocycles. The van der Waals surface area contributed by atoms with Crippen LogP contribution in [0.1, 0.15) is 21.6 Å². The first-order valence-electron chi connectivity index (χ1n) is 10.7. The third kappa shape index (κ3) is 3.40. The maximum Gasteiger partial charge on any atom is 0.256 e. The second-order valence-corrected chi connectivity index (χ2v) is 7.83. The first-order valence-corrected chi connectivity index (χ1v) is 10.7. The molecule has 1 aromatic heterocycles. The quantitative estimate of drug-likeness (QED) is 0.565. The average molecular weight is 397 g/mol. The molecular formula is C26H26N3O+. The van der Waals surface area contributed by atoms with Crippen molar-refractivity contribution >= 4 is 16.8 Å². The minimum absolute atomic E-state index is 0.153. The highest BCUT2D eigenvalue weighted by Gasteiger charge is 2.28. The molecule has 0 spiro atoms. The van der Waals surface area contributed by atoms with E-state index in [1.54, 1.807) is 0 Å². The summed E-state index contributed by atoms with van der Waals surface area (Å²) >= 11 is 0. The van der Waals surface area contributed by atoms with Crippen LogP contribution in [0.5, 0.6) is 0 Å². The Morgan fingerprint density at radius 2 is 1.43 bits per heavy atom. The standard InChI is InChI=1S/C26H25N3O/c30-26(28-17-15-27-16-18-28)25-22-13-7-8-14-23(22)29(21-11-5-2-6-12-21)24(25)19-20-9-3-1-4-10-20/h1-14,27H,15-19H2/p+1. The molecule has 5 rings (SSSR count). The highest BCUT2D eigenvalue weighted by atomic mass is 16.2. The summed E-state index contributed by atoms with van der Waals surface area (Å²) < 4.78 is 2.27. The molecule has 1 saturated heterocycles. The van der Waals surface area contributed by atoms with Crippen LogP contribution < -0.4 is 5.32 Å². The van der Waals surface area contributed by atoms with Crippen LogP contribution in [0.2, 0.25) is 0 Å². The molecule has 2 heterocycles. The lowest BCUT2D eigenvalue weighted by molar-refractivity contribution is -0.661. The van der Waals surface area contributed by atoms with E-state index in [0.29, 0.717) is 6.42 Å². The maximum atomic E-state index is 13.8. The molecule has 150 valence electrons. The molecular weight excluding hydrogens is 370 g/mol. The van der Waals surface area contributed by atoms with E-state index in [2.05, 4.69) is 76.6 Å². The van der Waals surface area contributed by atoms with E-state index in [1.807, 2.05) is 23.1 Å². The van der Waals surface area contributed by atoms with Crippen LogP contribution in [0.25, 0.3) is 16.6 Å². The van der Waals surface area contributed by atoms with Gasteiger partial charge < -0.3 is 14.8 Å². The van der Waals surface area contributed by atoms with Gasteiger partial charge in [-0.1, -0.05) is 66.7 Å². The highest BCUT2D eigenvalue weighted by Crippen LogP contribution is 2.32. The molecule has 0 bridgehead atoms. The van der Waals surface area contributed by atoms with Gasteiger partial charge in [0.2, 0.25) is 0 Å². The highest BCUT2D eigenvalue weighted by molar-refractivity contribution is 6.09. The monoisotopic (exact) mass is 396 g/mol. The summed E-state index contributed by atoms with van der Waals surface area (Å²) in [4.78, 5) is 15.8. The maximum absolute atomic E-state index is 13.8. The molecule has 2 N–H and O–H groups in total. The fourth-order valence-corrected chi connectivity index (χ4v) is 4.47. The Balaban J connectivity index is 1.75. The Morgan fingerprint density at radius 3 is 2.17 bits per heavy atom. The van der Waals surface area contributed by atoms with Gasteiger partial charge in [-0.15, -0.1) is 0 Å². The summed E-state index contributed by atoms with van der Waals surface area (Å²) in [5.41, 5.74) is 5.29. The van der Waals surface area contributed by atoms with Gasteiger partial charge in [-0.3, -0.25) is 4.79 Å². The fraction of sp³-hybridized carbons (Fsp3) is 0.192. The Bertz CT molecular complexity index is 1160. The molecule has 4 nitrogen and oxygen atoms in total. The number of fused-ring (bicyclic) bond motifs is 1. The largest absolute Gasteiger partial charge is 0.343 e. The number of rotatable bonds is 4. The van der Waals surface area contributed by atoms with Crippen LogP contribution in [0.4, 0.5) is 0 Å². The lowest BCUT2D eigenvalue weighted by Crippen LogP contribution is -2.89. The van der Waals surface area contributed by atoms with E-state index in [-0.39, 0.29) is 5.91 Å². The van der Waals surface area contributed by atoms with Crippen molar-refractivity contribution in [2.75, 3.05) is 26.2 Å². The van der Waals surface area contributed by atoms with Crippen LogP contribution >= 0.6 is 0 Å². The van der Waals surface area contributed by atoms with Crippen molar-refractivity contribution < 1.29 is 10.1 Å². The van der Waals surface area contributed by atoms with Crippen molar-refractivity contribution in [3.05, 3.63) is 102 Å². The summed E-state index contributed by atoms with van der Waals surface area (Å²) in [5.74, 6) is 0.153. The predicted molar refractivity (Wildman–Crippen MR) is 120 cm³/mol. The van der Waals surface area contributed by atoms with Crippen LogP contribution in [0.3, 0.4) is 0 Å². The number of carbonyl (C=O) groups excluding carboxylic acids is 1. The van der Waals surface area contributed by atoms with Crippen molar-refractivity contribution in [3.8, 4) is 5.69 Å². The summed E-state index contributed by atoms with van der Waals surface area (Å²) in [7, 11) is 0. The van der Waals surface area contributed by atoms with E-state index in [9.17, 15) is 4.79 Å². The van der Waals surface area contributed by atoms with Gasteiger partial charge in [0.1, 0.15) is 0 Å². The number of hydrogen-bond acceptors (Lipinski definition) is 1. The molecule has 1 fully saturated rings. The Morgan fingerprint density at radius 1 is 0.800 bits per heavy atom. The van der Waals surface area contributed by atoms with Crippen LogP contribution in [-0.4, -0.2) is 41.6 Å². The molecule has 0 atom stereocenters. The predicted octanol–water partition coefficient (Wildman–Crippen LogP) is 3.24. The van der Waals surface area contributed by atoms with Crippen molar-refractivity contribution in [2.24, 2.45) is 0 Å². The van der Waals surface area contributed by atoms with Crippen LogP contribution in [0.15, 0.2) is 84.9 Å². The van der Waals surface area contributed by atoms with Gasteiger partial charge in [-0.25, -0.2) is 0 Å². The molecule has 4 aromatic rings. The minimum atomic E-state index is 0.153. The van der Waals surface area contributed by atoms with Gasteiger partial charge in [0, 0.05) is 23.2 Å². The van der Waals surface area contributed by atoms with Gasteiger partial charge in [0.15, 0.2) is 0 Å². The molecule has 0 unspecified atom stereocenters. The molecule has 3 aromatic carbocycles. The first-order chi connectivity index (χ1) is 14.8. The normalized spacial score (nSPS) is 14.2. The second kappa shape index (κ2) is 8.17. The molecule has 4 heteroatoms. The van der Waals surface area contributed by atoms with Crippen molar-refractivity contribution in [1.82, 2.24) is 9.47 Å². The number of nitrogens with zero attached hydrogens (tertiary/aromatic N) is 2. The molecule has 0 saturated carbocycles. The molecule has 0 radical (unpaired) electrons. The summed E-state index contributed by atoms with van der Waals surface area (Å²) in [6, 6.07) is 29.1. The number of para-hydroxylation sites is 2. The number of carbonyl (C=O) groups is 1. The number of nitrogens with two attached hydrogens (primary N) is 1. The van der Waals surface area contributed by atoms with E-state index in [1.165, 1.54) is 5.56 Å². The van der Waals surface area contributed by atoms with E-state index in [0.717, 1.165) is 54.0 Å². The first kappa shape index (κ1) is 18.6. The molecule has 1 amide bonds. The number of hydrogen-bond donors (Lipinski definition) is 1. The van der Waals surface area contributed by atoms with Gasteiger partial charge in [-0.2, -0.15) is 0 Å². The fourth-order valence-electron chi connectivity index (χ4n) is 4.47. The van der Waals surface area contributed by atoms with E-state index in [4.69, 9.17) is 0 Å². The molecule has 30 heavy (non-hydrogen) atoms. The average Bonchev–Trinajstić information content (AvgIpc) is 3.14. The minimum Gasteiger partial charge on any atom is -0.343 e. The zero-order chi connectivity index (χ0) is 20.3. The summed E-state index contributed by atoms with van der Waals surface area (Å²) in [6.45, 7) is 3.54. The van der Waals surface area contributed by atoms with Crippen LogP contribution in [0, 0.1) is 0 Å². The number of piperazine rings is 1. The van der Waals surface area contributed by atoms with Crippen molar-refractivity contribution in [2.45, 2.75) is 6.42 Å². The smallest absolute Gasteiger partial charge is 0.256 e. The van der Waals surface area contributed by atoms with E-state index < -0.39 is 0 Å². The Kier molecular flexibility index (Phi) is 5.08. The number of amides is 1. The topological polar surface area (TPSA) is 41.9 Å². The van der Waals surface area contributed by atoms with E-state index >= 15 is 0 Å². The zero-order valence-electron chi connectivity index (χ0n) is 17.0. The number of quaternary nitrogens is 1. The number of benzene rings is 3. The Hall–Kier alpha value is -3.37. The van der Waals surface area contributed by atoms with Gasteiger partial charge in [0.05, 0.1) is 37.3 Å². The van der Waals surface area contributed by atoms with Crippen molar-refractivity contribution in [1.29, 1.82) is 0 Å². The Labute approximate surface area is 176 Å². The third-order valence-corrected chi connectivity index (χ3v) is 5.91. The van der Waals surface area contributed by atoms with Gasteiger partial charge >= 0.3 is 0 Å². The van der Waals surface area contributed by atoms with Gasteiger partial charge in [0.25, 0.3) is 5.91 Å². The lowest BCUT2D eigenvalue weighted by Gasteiger charge is -2.26. The lowest BCUT2D eigenvalue weighted by atomic mass is 10.0. The van der Waals surface area contributed by atoms with Crippen LogP contribution in [-0.2, 0) is 6.42 Å². The second-order valence-electron chi connectivity index (χ2n) is 7.83. The summed E-state index contributed by atoms with van der Waals surface area (Å²) in [6.07, 6.45) is 0.714. The molecule has 0 aliphatic carbocycles.